The van der Waals surface area contributed by atoms with E-state index in [2.05, 4.69) is 66.0 Å². The maximum Gasteiger partial charge on any atom is 0.108 e. The molecule has 2 heteroatoms. The minimum Gasteiger partial charge on any atom is -0.362 e. The van der Waals surface area contributed by atoms with E-state index in [1.54, 1.807) is 0 Å². The summed E-state index contributed by atoms with van der Waals surface area (Å²) in [6.45, 7) is 1.80. The highest BCUT2D eigenvalue weighted by Crippen LogP contribution is 2.25. The molecule has 110 valence electrons. The second-order valence-electron chi connectivity index (χ2n) is 5.65. The largest absolute Gasteiger partial charge is 0.362 e. The Morgan fingerprint density at radius 2 is 1.52 bits per heavy atom. The van der Waals surface area contributed by atoms with Crippen LogP contribution >= 0.6 is 0 Å². The first-order valence-corrected chi connectivity index (χ1v) is 7.88. The molecular formula is C19H23NO. The number of rotatable bonds is 5. The van der Waals surface area contributed by atoms with E-state index in [0.29, 0.717) is 5.92 Å². The first-order valence-electron chi connectivity index (χ1n) is 7.88. The predicted molar refractivity (Wildman–Crippen MR) is 86.3 cm³/mol. The molecule has 2 nitrogen and oxygen atoms in total. The molecule has 0 spiro atoms. The lowest BCUT2D eigenvalue weighted by atomic mass is 9.92. The fourth-order valence-electron chi connectivity index (χ4n) is 2.93. The normalized spacial score (nSPS) is 18.8. The number of piperidine rings is 1. The molecule has 0 aliphatic carbocycles. The van der Waals surface area contributed by atoms with Crippen LogP contribution in [0.4, 0.5) is 0 Å². The van der Waals surface area contributed by atoms with E-state index in [-0.39, 0.29) is 6.23 Å². The molecule has 1 unspecified atom stereocenters. The maximum absolute atomic E-state index is 6.14. The van der Waals surface area contributed by atoms with Gasteiger partial charge in [0.1, 0.15) is 6.23 Å². The molecule has 1 heterocycles. The van der Waals surface area contributed by atoms with Crippen molar-refractivity contribution in [3.05, 3.63) is 71.8 Å². The molecule has 0 radical (unpaired) electrons. The van der Waals surface area contributed by atoms with Crippen LogP contribution in [-0.2, 0) is 4.74 Å². The number of hydrogen-bond donors (Lipinski definition) is 1. The Hall–Kier alpha value is -1.64. The van der Waals surface area contributed by atoms with Crippen molar-refractivity contribution in [3.8, 4) is 0 Å². The maximum atomic E-state index is 6.14. The second-order valence-corrected chi connectivity index (χ2v) is 5.65. The smallest absolute Gasteiger partial charge is 0.108 e. The summed E-state index contributed by atoms with van der Waals surface area (Å²) in [5.74, 6) is 0.302. The molecule has 1 aliphatic heterocycles. The fraction of sp³-hybridized carbons (Fsp3) is 0.368. The van der Waals surface area contributed by atoms with Crippen LogP contribution in [0.3, 0.4) is 0 Å². The average Bonchev–Trinajstić information content (AvgIpc) is 2.58. The standard InChI is InChI=1S/C19H23NO/c1-3-9-16(10-4-1)18(17-11-5-2-6-12-17)15-21-19-13-7-8-14-20-19/h1-6,9-12,18-20H,7-8,13-15H2. The topological polar surface area (TPSA) is 21.3 Å². The van der Waals surface area contributed by atoms with Gasteiger partial charge in [0.2, 0.25) is 0 Å². The first-order chi connectivity index (χ1) is 10.4. The molecule has 2 aromatic carbocycles. The van der Waals surface area contributed by atoms with Gasteiger partial charge in [0.25, 0.3) is 0 Å². The summed E-state index contributed by atoms with van der Waals surface area (Å²) in [7, 11) is 0. The van der Waals surface area contributed by atoms with Gasteiger partial charge in [0, 0.05) is 5.92 Å². The van der Waals surface area contributed by atoms with Crippen molar-refractivity contribution in [1.82, 2.24) is 5.32 Å². The summed E-state index contributed by atoms with van der Waals surface area (Å²) in [5, 5.41) is 3.46. The van der Waals surface area contributed by atoms with Crippen LogP contribution in [0.25, 0.3) is 0 Å². The minimum atomic E-state index is 0.216. The van der Waals surface area contributed by atoms with Crippen LogP contribution in [0.15, 0.2) is 60.7 Å². The fourth-order valence-corrected chi connectivity index (χ4v) is 2.93. The molecule has 1 N–H and O–H groups in total. The Bertz CT molecular complexity index is 480. The highest BCUT2D eigenvalue weighted by atomic mass is 16.5. The molecule has 1 fully saturated rings. The van der Waals surface area contributed by atoms with Crippen LogP contribution < -0.4 is 5.32 Å². The van der Waals surface area contributed by atoms with Crippen LogP contribution in [0.1, 0.15) is 36.3 Å². The molecule has 3 rings (SSSR count). The number of nitrogens with one attached hydrogen (secondary N) is 1. The third-order valence-electron chi connectivity index (χ3n) is 4.13. The summed E-state index contributed by atoms with van der Waals surface area (Å²) in [6, 6.07) is 21.3. The lowest BCUT2D eigenvalue weighted by Crippen LogP contribution is -2.37. The molecule has 0 bridgehead atoms. The van der Waals surface area contributed by atoms with Crippen molar-refractivity contribution in [2.45, 2.75) is 31.4 Å². The highest BCUT2D eigenvalue weighted by molar-refractivity contribution is 5.32. The summed E-state index contributed by atoms with van der Waals surface area (Å²) < 4.78 is 6.14. The third kappa shape index (κ3) is 3.93. The molecule has 0 amide bonds. The summed E-state index contributed by atoms with van der Waals surface area (Å²) in [5.41, 5.74) is 2.64. The molecule has 2 aromatic rings. The van der Waals surface area contributed by atoms with Gasteiger partial charge in [-0.05, 0) is 36.9 Å². The van der Waals surface area contributed by atoms with Gasteiger partial charge < -0.3 is 4.74 Å². The summed E-state index contributed by atoms with van der Waals surface area (Å²) in [4.78, 5) is 0. The van der Waals surface area contributed by atoms with Crippen molar-refractivity contribution < 1.29 is 4.74 Å². The first kappa shape index (κ1) is 14.3. The number of ether oxygens (including phenoxy) is 1. The summed E-state index contributed by atoms with van der Waals surface area (Å²) >= 11 is 0. The van der Waals surface area contributed by atoms with Crippen LogP contribution in [-0.4, -0.2) is 19.4 Å². The van der Waals surface area contributed by atoms with Crippen molar-refractivity contribution in [3.63, 3.8) is 0 Å². The van der Waals surface area contributed by atoms with E-state index >= 15 is 0 Å². The Kier molecular flexibility index (Phi) is 5.03. The Balaban J connectivity index is 1.73. The monoisotopic (exact) mass is 281 g/mol. The van der Waals surface area contributed by atoms with Crippen molar-refractivity contribution >= 4 is 0 Å². The quantitative estimate of drug-likeness (QED) is 0.896. The Morgan fingerprint density at radius 3 is 2.05 bits per heavy atom. The molecule has 0 aromatic heterocycles. The van der Waals surface area contributed by atoms with Crippen molar-refractivity contribution in [2.24, 2.45) is 0 Å². The van der Waals surface area contributed by atoms with Gasteiger partial charge in [0.05, 0.1) is 6.61 Å². The van der Waals surface area contributed by atoms with Crippen LogP contribution in [0.2, 0.25) is 0 Å². The van der Waals surface area contributed by atoms with Gasteiger partial charge >= 0.3 is 0 Å². The zero-order valence-electron chi connectivity index (χ0n) is 12.4. The van der Waals surface area contributed by atoms with Gasteiger partial charge in [-0.2, -0.15) is 0 Å². The number of benzene rings is 2. The SMILES string of the molecule is c1ccc(C(COC2CCCCN2)c2ccccc2)cc1. The van der Waals surface area contributed by atoms with E-state index in [1.807, 2.05) is 0 Å². The van der Waals surface area contributed by atoms with Gasteiger partial charge in [0.15, 0.2) is 0 Å². The van der Waals surface area contributed by atoms with Crippen LogP contribution in [0.5, 0.6) is 0 Å². The predicted octanol–water partition coefficient (Wildman–Crippen LogP) is 3.93. The average molecular weight is 281 g/mol. The Labute approximate surface area is 127 Å². The molecule has 1 saturated heterocycles. The Morgan fingerprint density at radius 1 is 0.905 bits per heavy atom. The lowest BCUT2D eigenvalue weighted by molar-refractivity contribution is 0.00872. The van der Waals surface area contributed by atoms with Gasteiger partial charge in [-0.3, -0.25) is 5.32 Å². The van der Waals surface area contributed by atoms with E-state index in [1.165, 1.54) is 24.0 Å². The van der Waals surface area contributed by atoms with E-state index < -0.39 is 0 Å². The van der Waals surface area contributed by atoms with E-state index in [0.717, 1.165) is 19.6 Å². The third-order valence-corrected chi connectivity index (χ3v) is 4.13. The molecular weight excluding hydrogens is 258 g/mol. The lowest BCUT2D eigenvalue weighted by Gasteiger charge is -2.26. The van der Waals surface area contributed by atoms with E-state index in [4.69, 9.17) is 4.74 Å². The van der Waals surface area contributed by atoms with Gasteiger partial charge in [-0.1, -0.05) is 60.7 Å². The highest BCUT2D eigenvalue weighted by Gasteiger charge is 2.18. The van der Waals surface area contributed by atoms with Crippen molar-refractivity contribution in [2.75, 3.05) is 13.2 Å². The van der Waals surface area contributed by atoms with Crippen LogP contribution in [0, 0.1) is 0 Å². The van der Waals surface area contributed by atoms with Crippen molar-refractivity contribution in [1.29, 1.82) is 0 Å². The van der Waals surface area contributed by atoms with Gasteiger partial charge in [-0.15, -0.1) is 0 Å². The molecule has 1 aliphatic rings. The molecule has 1 atom stereocenters. The second kappa shape index (κ2) is 7.39. The van der Waals surface area contributed by atoms with Gasteiger partial charge in [-0.25, -0.2) is 0 Å². The molecule has 21 heavy (non-hydrogen) atoms. The minimum absolute atomic E-state index is 0.216. The number of hydrogen-bond acceptors (Lipinski definition) is 2. The molecule has 0 saturated carbocycles. The van der Waals surface area contributed by atoms with E-state index in [9.17, 15) is 0 Å². The zero-order chi connectivity index (χ0) is 14.3. The summed E-state index contributed by atoms with van der Waals surface area (Å²) in [6.07, 6.45) is 3.87. The zero-order valence-corrected chi connectivity index (χ0v) is 12.4.